The summed E-state index contributed by atoms with van der Waals surface area (Å²) in [5.74, 6) is -0.197. The molecular formula is C43H86O3. The summed E-state index contributed by atoms with van der Waals surface area (Å²) in [5, 5.41) is 22.0. The SMILES string of the molecule is CCCCCCCCCCCCCCCC(=O)[C@@](O)(CO)C(CCCCCCCCCCCC)CCCCCCCCCCCC. The van der Waals surface area contributed by atoms with Crippen LogP contribution < -0.4 is 0 Å². The predicted octanol–water partition coefficient (Wildman–Crippen LogP) is 14.0. The maximum absolute atomic E-state index is 13.4. The molecule has 0 saturated heterocycles. The molecule has 0 radical (unpaired) electrons. The Hall–Kier alpha value is -0.410. The lowest BCUT2D eigenvalue weighted by Gasteiger charge is -2.34. The van der Waals surface area contributed by atoms with Crippen molar-refractivity contribution in [3.63, 3.8) is 0 Å². The van der Waals surface area contributed by atoms with Crippen LogP contribution in [0, 0.1) is 5.92 Å². The van der Waals surface area contributed by atoms with E-state index in [0.29, 0.717) is 6.42 Å². The molecule has 0 aliphatic carbocycles. The number of hydrogen-bond acceptors (Lipinski definition) is 3. The molecule has 3 heteroatoms. The Labute approximate surface area is 290 Å². The molecule has 0 unspecified atom stereocenters. The van der Waals surface area contributed by atoms with Crippen LogP contribution in [-0.4, -0.2) is 28.2 Å². The van der Waals surface area contributed by atoms with E-state index < -0.39 is 12.2 Å². The summed E-state index contributed by atoms with van der Waals surface area (Å²) in [6.45, 7) is 6.41. The minimum Gasteiger partial charge on any atom is -0.393 e. The van der Waals surface area contributed by atoms with Crippen LogP contribution >= 0.6 is 0 Å². The van der Waals surface area contributed by atoms with Crippen molar-refractivity contribution in [1.82, 2.24) is 0 Å². The maximum Gasteiger partial charge on any atom is 0.167 e. The Balaban J connectivity index is 4.48. The van der Waals surface area contributed by atoms with Gasteiger partial charge in [0.15, 0.2) is 5.78 Å². The highest BCUT2D eigenvalue weighted by Gasteiger charge is 2.41. The number of Topliss-reactive ketones (excluding diaryl/α,β-unsaturated/α-hetero) is 1. The third-order valence-corrected chi connectivity index (χ3v) is 10.7. The lowest BCUT2D eigenvalue weighted by molar-refractivity contribution is -0.150. The average Bonchev–Trinajstić information content (AvgIpc) is 3.07. The fraction of sp³-hybridized carbons (Fsp3) is 0.977. The standard InChI is InChI=1S/C43H86O3/c1-4-7-10-13-16-19-22-23-24-27-30-33-36-39-42(45)43(46,40-44)41(37-34-31-28-25-20-17-14-11-8-5-2)38-35-32-29-26-21-18-15-12-9-6-3/h41,44,46H,4-40H2,1-3H3/t43-/m1/s1. The van der Waals surface area contributed by atoms with E-state index in [1.54, 1.807) is 0 Å². The Bertz CT molecular complexity index is 581. The van der Waals surface area contributed by atoms with Crippen molar-refractivity contribution >= 4 is 5.78 Å². The van der Waals surface area contributed by atoms with E-state index in [1.807, 2.05) is 0 Å². The van der Waals surface area contributed by atoms with Crippen molar-refractivity contribution < 1.29 is 15.0 Å². The molecule has 0 amide bonds. The highest BCUT2D eigenvalue weighted by molar-refractivity contribution is 5.87. The van der Waals surface area contributed by atoms with Crippen LogP contribution in [0.25, 0.3) is 0 Å². The van der Waals surface area contributed by atoms with Gasteiger partial charge in [-0.05, 0) is 25.2 Å². The minimum atomic E-state index is -1.55. The summed E-state index contributed by atoms with van der Waals surface area (Å²) in [7, 11) is 0. The van der Waals surface area contributed by atoms with Crippen LogP contribution in [0.4, 0.5) is 0 Å². The molecule has 0 fully saturated rings. The number of rotatable bonds is 39. The Morgan fingerprint density at radius 2 is 0.652 bits per heavy atom. The zero-order valence-electron chi connectivity index (χ0n) is 32.0. The van der Waals surface area contributed by atoms with Crippen LogP contribution in [0.15, 0.2) is 0 Å². The van der Waals surface area contributed by atoms with Crippen molar-refractivity contribution in [2.24, 2.45) is 5.92 Å². The molecule has 0 aliphatic rings. The Morgan fingerprint density at radius 3 is 0.913 bits per heavy atom. The summed E-state index contributed by atoms with van der Waals surface area (Å²) in [6, 6.07) is 0. The van der Waals surface area contributed by atoms with Gasteiger partial charge in [0.1, 0.15) is 5.60 Å². The third kappa shape index (κ3) is 27.5. The summed E-state index contributed by atoms with van der Waals surface area (Å²) in [4.78, 5) is 13.4. The second kappa shape index (κ2) is 35.9. The molecule has 0 aliphatic heterocycles. The van der Waals surface area contributed by atoms with Crippen LogP contribution in [-0.2, 0) is 4.79 Å². The fourth-order valence-electron chi connectivity index (χ4n) is 7.34. The van der Waals surface area contributed by atoms with Crippen molar-refractivity contribution in [1.29, 1.82) is 0 Å². The molecule has 0 aromatic rings. The topological polar surface area (TPSA) is 57.5 Å². The van der Waals surface area contributed by atoms with Crippen LogP contribution in [0.5, 0.6) is 0 Å². The predicted molar refractivity (Wildman–Crippen MR) is 204 cm³/mol. The van der Waals surface area contributed by atoms with Crippen LogP contribution in [0.1, 0.15) is 252 Å². The minimum absolute atomic E-state index is 0.0952. The summed E-state index contributed by atoms with van der Waals surface area (Å²) in [5.41, 5.74) is -1.55. The van der Waals surface area contributed by atoms with Crippen LogP contribution in [0.3, 0.4) is 0 Å². The van der Waals surface area contributed by atoms with Gasteiger partial charge in [-0.1, -0.05) is 226 Å². The molecule has 0 aromatic carbocycles. The first-order valence-corrected chi connectivity index (χ1v) is 21.4. The van der Waals surface area contributed by atoms with E-state index in [9.17, 15) is 15.0 Å². The van der Waals surface area contributed by atoms with Crippen LogP contribution in [0.2, 0.25) is 0 Å². The molecule has 0 heterocycles. The molecule has 0 saturated carbocycles. The fourth-order valence-corrected chi connectivity index (χ4v) is 7.34. The smallest absolute Gasteiger partial charge is 0.167 e. The third-order valence-electron chi connectivity index (χ3n) is 10.7. The van der Waals surface area contributed by atoms with Gasteiger partial charge in [0, 0.05) is 6.42 Å². The maximum atomic E-state index is 13.4. The first kappa shape index (κ1) is 45.6. The molecule has 0 rings (SSSR count). The van der Waals surface area contributed by atoms with Crippen molar-refractivity contribution in [3.05, 3.63) is 0 Å². The van der Waals surface area contributed by atoms with Gasteiger partial charge in [0.2, 0.25) is 0 Å². The Kier molecular flexibility index (Phi) is 35.6. The number of aliphatic hydroxyl groups is 2. The first-order valence-electron chi connectivity index (χ1n) is 21.4. The molecule has 0 bridgehead atoms. The number of unbranched alkanes of at least 4 members (excludes halogenated alkanes) is 30. The first-order chi connectivity index (χ1) is 22.6. The zero-order valence-corrected chi connectivity index (χ0v) is 32.0. The quantitative estimate of drug-likeness (QED) is 0.0651. The molecule has 2 N–H and O–H groups in total. The van der Waals surface area contributed by atoms with Gasteiger partial charge in [-0.2, -0.15) is 0 Å². The summed E-state index contributed by atoms with van der Waals surface area (Å²) < 4.78 is 0. The molecule has 1 atom stereocenters. The van der Waals surface area contributed by atoms with E-state index in [1.165, 1.54) is 186 Å². The largest absolute Gasteiger partial charge is 0.393 e. The van der Waals surface area contributed by atoms with E-state index >= 15 is 0 Å². The Morgan fingerprint density at radius 1 is 0.413 bits per heavy atom. The molecular weight excluding hydrogens is 564 g/mol. The van der Waals surface area contributed by atoms with E-state index in [4.69, 9.17) is 0 Å². The van der Waals surface area contributed by atoms with Gasteiger partial charge >= 0.3 is 0 Å². The van der Waals surface area contributed by atoms with Crippen molar-refractivity contribution in [3.8, 4) is 0 Å². The monoisotopic (exact) mass is 651 g/mol. The van der Waals surface area contributed by atoms with Crippen molar-refractivity contribution in [2.75, 3.05) is 6.61 Å². The van der Waals surface area contributed by atoms with Gasteiger partial charge < -0.3 is 10.2 Å². The molecule has 46 heavy (non-hydrogen) atoms. The number of aliphatic hydroxyl groups excluding tert-OH is 1. The van der Waals surface area contributed by atoms with Gasteiger partial charge in [-0.3, -0.25) is 4.79 Å². The van der Waals surface area contributed by atoms with E-state index in [2.05, 4.69) is 20.8 Å². The lowest BCUT2D eigenvalue weighted by atomic mass is 9.76. The molecule has 276 valence electrons. The lowest BCUT2D eigenvalue weighted by Crippen LogP contribution is -2.49. The number of carbonyl (C=O) groups is 1. The number of hydrogen-bond donors (Lipinski definition) is 2. The van der Waals surface area contributed by atoms with Gasteiger partial charge in [-0.25, -0.2) is 0 Å². The normalized spacial score (nSPS) is 13.1. The second-order valence-corrected chi connectivity index (χ2v) is 15.1. The molecule has 0 spiro atoms. The summed E-state index contributed by atoms with van der Waals surface area (Å²) in [6.07, 6.45) is 44.7. The number of ketones is 1. The van der Waals surface area contributed by atoms with Gasteiger partial charge in [0.25, 0.3) is 0 Å². The summed E-state index contributed by atoms with van der Waals surface area (Å²) >= 11 is 0. The second-order valence-electron chi connectivity index (χ2n) is 15.1. The average molecular weight is 651 g/mol. The molecule has 0 aromatic heterocycles. The van der Waals surface area contributed by atoms with Gasteiger partial charge in [-0.15, -0.1) is 0 Å². The van der Waals surface area contributed by atoms with E-state index in [0.717, 1.165) is 38.5 Å². The van der Waals surface area contributed by atoms with Crippen molar-refractivity contribution in [2.45, 2.75) is 258 Å². The molecule has 3 nitrogen and oxygen atoms in total. The van der Waals surface area contributed by atoms with Gasteiger partial charge in [0.05, 0.1) is 6.61 Å². The highest BCUT2D eigenvalue weighted by Crippen LogP contribution is 2.32. The van der Waals surface area contributed by atoms with E-state index in [-0.39, 0.29) is 11.7 Å². The number of carbonyl (C=O) groups excluding carboxylic acids is 1. The highest BCUT2D eigenvalue weighted by atomic mass is 16.3. The zero-order chi connectivity index (χ0) is 33.8.